The summed E-state index contributed by atoms with van der Waals surface area (Å²) in [5.74, 6) is -1.55. The minimum absolute atomic E-state index is 0.0190. The first kappa shape index (κ1) is 26.6. The minimum atomic E-state index is -0.802. The maximum Gasteiger partial charge on any atom is 0.157 e. The number of methoxy groups -OCH3 is 1. The molecule has 0 radical (unpaired) electrons. The van der Waals surface area contributed by atoms with Crippen LogP contribution >= 0.6 is 11.3 Å². The van der Waals surface area contributed by atoms with Gasteiger partial charge in [-0.1, -0.05) is 6.07 Å². The molecule has 0 bridgehead atoms. The fourth-order valence-electron chi connectivity index (χ4n) is 5.17. The number of hydrogen-bond acceptors (Lipinski definition) is 8. The molecule has 12 heteroatoms. The standard InChI is InChI=1S/C31H21F2N7O2S/c1-39-24-4-3-17(11-18(24)16-35-39)29-21-6-10-43-31(21)28(27-22(33)12-19(32)13-25(27)42-9-8-41-2)30(37-29)23-14-26-36-20(15-34)5-7-40(26)38-23/h3-7,10-14,16H,8-9H2,1-2H3. The van der Waals surface area contributed by atoms with Gasteiger partial charge in [0.15, 0.2) is 5.65 Å². The summed E-state index contributed by atoms with van der Waals surface area (Å²) < 4.78 is 45.4. The van der Waals surface area contributed by atoms with Gasteiger partial charge in [0, 0.05) is 65.2 Å². The van der Waals surface area contributed by atoms with Gasteiger partial charge >= 0.3 is 0 Å². The summed E-state index contributed by atoms with van der Waals surface area (Å²) in [5, 5.41) is 22.0. The van der Waals surface area contributed by atoms with E-state index >= 15 is 4.39 Å². The number of thiophene rings is 1. The lowest BCUT2D eigenvalue weighted by Gasteiger charge is -2.17. The SMILES string of the molecule is COCCOc1cc(F)cc(F)c1-c1c(-c2cc3nc(C#N)ccn3n2)nc(-c2ccc3c(cnn3C)c2)c2ccsc12. The molecule has 0 saturated carbocycles. The van der Waals surface area contributed by atoms with Gasteiger partial charge in [0.1, 0.15) is 47.1 Å². The third-order valence-electron chi connectivity index (χ3n) is 7.12. The first-order valence-corrected chi connectivity index (χ1v) is 14.0. The molecule has 0 aliphatic heterocycles. The van der Waals surface area contributed by atoms with Crippen LogP contribution in [0.1, 0.15) is 5.69 Å². The van der Waals surface area contributed by atoms with E-state index in [-0.39, 0.29) is 30.2 Å². The van der Waals surface area contributed by atoms with Crippen LogP contribution < -0.4 is 4.74 Å². The average Bonchev–Trinajstić information content (AvgIpc) is 3.75. The Morgan fingerprint density at radius 2 is 1.88 bits per heavy atom. The van der Waals surface area contributed by atoms with E-state index in [1.165, 1.54) is 23.0 Å². The summed E-state index contributed by atoms with van der Waals surface area (Å²) in [6.45, 7) is 0.313. The average molecular weight is 594 g/mol. The molecule has 0 unspecified atom stereocenters. The first-order valence-electron chi connectivity index (χ1n) is 13.2. The topological polar surface area (TPSA) is 103 Å². The van der Waals surface area contributed by atoms with Gasteiger partial charge in [-0.2, -0.15) is 15.5 Å². The molecular weight excluding hydrogens is 572 g/mol. The molecular formula is C31H21F2N7O2S. The highest BCUT2D eigenvalue weighted by molar-refractivity contribution is 7.18. The zero-order valence-corrected chi connectivity index (χ0v) is 23.7. The van der Waals surface area contributed by atoms with Gasteiger partial charge in [0.2, 0.25) is 0 Å². The van der Waals surface area contributed by atoms with Crippen molar-refractivity contribution in [3.05, 3.63) is 83.6 Å². The van der Waals surface area contributed by atoms with E-state index in [2.05, 4.69) is 10.1 Å². The Labute approximate surface area is 247 Å². The Balaban J connectivity index is 1.55. The lowest BCUT2D eigenvalue weighted by atomic mass is 9.96. The molecule has 212 valence electrons. The number of aryl methyl sites for hydroxylation is 1. The molecule has 2 aromatic carbocycles. The number of fused-ring (bicyclic) bond motifs is 3. The molecule has 0 atom stereocenters. The Hall–Kier alpha value is -5.25. The number of halogens is 2. The number of ether oxygens (including phenoxy) is 2. The molecule has 0 fully saturated rings. The van der Waals surface area contributed by atoms with E-state index in [1.807, 2.05) is 42.8 Å². The number of aromatic nitrogens is 6. The largest absolute Gasteiger partial charge is 0.490 e. The highest BCUT2D eigenvalue weighted by atomic mass is 32.1. The maximum atomic E-state index is 15.9. The summed E-state index contributed by atoms with van der Waals surface area (Å²) in [6, 6.07) is 15.1. The number of pyridine rings is 1. The van der Waals surface area contributed by atoms with Crippen LogP contribution in [0.3, 0.4) is 0 Å². The van der Waals surface area contributed by atoms with E-state index < -0.39 is 11.6 Å². The van der Waals surface area contributed by atoms with Crippen LogP contribution in [0.25, 0.3) is 60.4 Å². The Kier molecular flexibility index (Phi) is 6.53. The summed E-state index contributed by atoms with van der Waals surface area (Å²) >= 11 is 1.41. The summed E-state index contributed by atoms with van der Waals surface area (Å²) in [6.07, 6.45) is 3.42. The van der Waals surface area contributed by atoms with E-state index in [0.29, 0.717) is 28.3 Å². The van der Waals surface area contributed by atoms with Crippen molar-refractivity contribution in [1.29, 1.82) is 5.26 Å². The molecule has 7 rings (SSSR count). The van der Waals surface area contributed by atoms with Gasteiger partial charge in [-0.05, 0) is 29.6 Å². The summed E-state index contributed by atoms with van der Waals surface area (Å²) in [7, 11) is 3.40. The fraction of sp³-hybridized carbons (Fsp3) is 0.129. The third-order valence-corrected chi connectivity index (χ3v) is 8.05. The molecule has 0 aliphatic rings. The monoisotopic (exact) mass is 593 g/mol. The van der Waals surface area contributed by atoms with Crippen molar-refractivity contribution >= 4 is 38.0 Å². The molecule has 5 heterocycles. The van der Waals surface area contributed by atoms with Crippen LogP contribution in [0, 0.1) is 23.0 Å². The quantitative estimate of drug-likeness (QED) is 0.197. The van der Waals surface area contributed by atoms with Crippen molar-refractivity contribution in [2.45, 2.75) is 0 Å². The van der Waals surface area contributed by atoms with E-state index in [9.17, 15) is 9.65 Å². The highest BCUT2D eigenvalue weighted by Gasteiger charge is 2.27. The first-order chi connectivity index (χ1) is 20.9. The van der Waals surface area contributed by atoms with E-state index in [1.54, 1.807) is 29.2 Å². The number of hydrogen-bond donors (Lipinski definition) is 0. The molecule has 9 nitrogen and oxygen atoms in total. The molecule has 5 aromatic heterocycles. The van der Waals surface area contributed by atoms with Crippen molar-refractivity contribution in [2.24, 2.45) is 7.05 Å². The van der Waals surface area contributed by atoms with Gasteiger partial charge in [0.25, 0.3) is 0 Å². The second-order valence-corrected chi connectivity index (χ2v) is 10.7. The molecule has 0 amide bonds. The van der Waals surface area contributed by atoms with Crippen molar-refractivity contribution in [3.8, 4) is 45.6 Å². The van der Waals surface area contributed by atoms with Gasteiger partial charge in [-0.3, -0.25) is 4.68 Å². The second-order valence-electron chi connectivity index (χ2n) is 9.75. The second kappa shape index (κ2) is 10.5. The molecule has 0 spiro atoms. The number of rotatable bonds is 7. The van der Waals surface area contributed by atoms with Crippen LogP contribution in [-0.4, -0.2) is 49.7 Å². The highest BCUT2D eigenvalue weighted by Crippen LogP contribution is 2.47. The van der Waals surface area contributed by atoms with Gasteiger partial charge in [0.05, 0.1) is 29.6 Å². The number of nitriles is 1. The normalized spacial score (nSPS) is 11.5. The Morgan fingerprint density at radius 3 is 2.72 bits per heavy atom. The Bertz CT molecular complexity index is 2230. The summed E-state index contributed by atoms with van der Waals surface area (Å²) in [5.41, 5.74) is 4.31. The predicted octanol–water partition coefficient (Wildman–Crippen LogP) is 6.40. The van der Waals surface area contributed by atoms with Crippen LogP contribution in [0.4, 0.5) is 8.78 Å². The molecule has 43 heavy (non-hydrogen) atoms. The fourth-order valence-corrected chi connectivity index (χ4v) is 6.12. The van der Waals surface area contributed by atoms with Crippen molar-refractivity contribution < 1.29 is 18.3 Å². The Morgan fingerprint density at radius 1 is 1.00 bits per heavy atom. The van der Waals surface area contributed by atoms with Crippen molar-refractivity contribution in [1.82, 2.24) is 29.4 Å². The lowest BCUT2D eigenvalue weighted by molar-refractivity contribution is 0.146. The number of benzene rings is 2. The van der Waals surface area contributed by atoms with Gasteiger partial charge in [-0.25, -0.2) is 23.3 Å². The van der Waals surface area contributed by atoms with Crippen molar-refractivity contribution in [3.63, 3.8) is 0 Å². The summed E-state index contributed by atoms with van der Waals surface area (Å²) in [4.78, 5) is 9.46. The zero-order valence-electron chi connectivity index (χ0n) is 22.9. The van der Waals surface area contributed by atoms with Gasteiger partial charge < -0.3 is 9.47 Å². The molecule has 7 aromatic rings. The smallest absolute Gasteiger partial charge is 0.157 e. The lowest BCUT2D eigenvalue weighted by Crippen LogP contribution is -2.07. The third kappa shape index (κ3) is 4.55. The van der Waals surface area contributed by atoms with E-state index in [0.717, 1.165) is 38.7 Å². The van der Waals surface area contributed by atoms with E-state index in [4.69, 9.17) is 19.6 Å². The van der Waals surface area contributed by atoms with Crippen LogP contribution in [0.2, 0.25) is 0 Å². The molecule has 0 saturated heterocycles. The minimum Gasteiger partial charge on any atom is -0.490 e. The maximum absolute atomic E-state index is 15.9. The predicted molar refractivity (Wildman–Crippen MR) is 159 cm³/mol. The zero-order chi connectivity index (χ0) is 29.7. The van der Waals surface area contributed by atoms with Crippen LogP contribution in [-0.2, 0) is 11.8 Å². The number of nitrogens with zero attached hydrogens (tertiary/aromatic N) is 7. The van der Waals surface area contributed by atoms with Crippen LogP contribution in [0.15, 0.2) is 66.3 Å². The van der Waals surface area contributed by atoms with Crippen LogP contribution in [0.5, 0.6) is 5.75 Å². The van der Waals surface area contributed by atoms with Crippen molar-refractivity contribution in [2.75, 3.05) is 20.3 Å². The molecule has 0 aliphatic carbocycles. The van der Waals surface area contributed by atoms with Gasteiger partial charge in [-0.15, -0.1) is 11.3 Å². The molecule has 0 N–H and O–H groups in total.